The number of nitrogens with two attached hydrogens (primary N) is 1. The van der Waals surface area contributed by atoms with E-state index in [9.17, 15) is 5.11 Å². The van der Waals surface area contributed by atoms with E-state index in [1.165, 1.54) is 0 Å². The van der Waals surface area contributed by atoms with Crippen LogP contribution in [0.5, 0.6) is 11.5 Å². The molecule has 0 spiro atoms. The van der Waals surface area contributed by atoms with Crippen molar-refractivity contribution in [3.05, 3.63) is 48.0 Å². The van der Waals surface area contributed by atoms with Gasteiger partial charge in [0, 0.05) is 12.2 Å². The maximum Gasteiger partial charge on any atom is 0.153 e. The molecule has 5 heteroatoms. The van der Waals surface area contributed by atoms with E-state index in [2.05, 4.69) is 10.3 Å². The van der Waals surface area contributed by atoms with Crippen molar-refractivity contribution < 1.29 is 9.84 Å². The van der Waals surface area contributed by atoms with Crippen LogP contribution in [0.2, 0.25) is 0 Å². The van der Waals surface area contributed by atoms with Crippen molar-refractivity contribution in [3.8, 4) is 11.5 Å². The van der Waals surface area contributed by atoms with Crippen LogP contribution < -0.4 is 15.8 Å². The molecule has 1 aliphatic rings. The zero-order chi connectivity index (χ0) is 15.5. The molecule has 1 heterocycles. The Balaban J connectivity index is 1.68. The topological polar surface area (TPSA) is 79.9 Å². The number of hydrogen-bond acceptors (Lipinski definition) is 4. The highest BCUT2D eigenvalue weighted by atomic mass is 16.5. The van der Waals surface area contributed by atoms with E-state index in [1.54, 1.807) is 12.1 Å². The second-order valence-electron chi connectivity index (χ2n) is 5.32. The minimum Gasteiger partial charge on any atom is -0.508 e. The molecule has 0 aliphatic carbocycles. The summed E-state index contributed by atoms with van der Waals surface area (Å²) in [7, 11) is 0. The quantitative estimate of drug-likeness (QED) is 0.761. The lowest BCUT2D eigenvalue weighted by atomic mass is 10.1. The number of phenolic OH excluding ortho intramolecular Hbond substituents is 1. The molecule has 0 radical (unpaired) electrons. The molecule has 1 atom stereocenters. The van der Waals surface area contributed by atoms with Gasteiger partial charge in [-0.2, -0.15) is 0 Å². The summed E-state index contributed by atoms with van der Waals surface area (Å²) in [5.41, 5.74) is 8.47. The first-order chi connectivity index (χ1) is 10.6. The number of ether oxygens (including phenoxy) is 1. The van der Waals surface area contributed by atoms with Gasteiger partial charge in [0.05, 0.1) is 5.69 Å². The Morgan fingerprint density at radius 3 is 2.77 bits per heavy atom. The molecule has 0 saturated carbocycles. The first-order valence-corrected chi connectivity index (χ1v) is 7.27. The van der Waals surface area contributed by atoms with E-state index in [-0.39, 0.29) is 11.9 Å². The number of rotatable bonds is 3. The zero-order valence-electron chi connectivity index (χ0n) is 12.4. The number of aliphatic imine (C=N–C) groups is 1. The molecule has 22 heavy (non-hydrogen) atoms. The largest absolute Gasteiger partial charge is 0.508 e. The molecule has 0 amide bonds. The highest BCUT2D eigenvalue weighted by molar-refractivity contribution is 6.02. The molecule has 2 aromatic rings. The van der Waals surface area contributed by atoms with E-state index < -0.39 is 0 Å². The molecule has 4 N–H and O–H groups in total. The Morgan fingerprint density at radius 2 is 2.00 bits per heavy atom. The fraction of sp³-hybridized carbons (Fsp3) is 0.235. The van der Waals surface area contributed by atoms with Crippen molar-refractivity contribution in [2.24, 2.45) is 4.99 Å². The minimum atomic E-state index is -0.115. The summed E-state index contributed by atoms with van der Waals surface area (Å²) < 4.78 is 5.84. The molecule has 0 bridgehead atoms. The fourth-order valence-corrected chi connectivity index (χ4v) is 2.37. The van der Waals surface area contributed by atoms with Gasteiger partial charge in [-0.3, -0.25) is 4.99 Å². The Morgan fingerprint density at radius 1 is 1.23 bits per heavy atom. The van der Waals surface area contributed by atoms with E-state index >= 15 is 0 Å². The number of nitrogens with zero attached hydrogens (tertiary/aromatic N) is 1. The van der Waals surface area contributed by atoms with Crippen LogP contribution in [0.25, 0.3) is 0 Å². The third-order valence-corrected chi connectivity index (χ3v) is 3.57. The molecular formula is C17H19N3O2. The van der Waals surface area contributed by atoms with Crippen LogP contribution in [-0.4, -0.2) is 23.6 Å². The van der Waals surface area contributed by atoms with Crippen molar-refractivity contribution in [3.63, 3.8) is 0 Å². The average molecular weight is 297 g/mol. The molecule has 0 fully saturated rings. The lowest BCUT2D eigenvalue weighted by Gasteiger charge is -2.26. The van der Waals surface area contributed by atoms with Crippen LogP contribution in [-0.2, 0) is 6.42 Å². The standard InChI is InChI=1S/C17H19N3O2/c1-11-17(19-9-8-12-2-5-14(21)6-3-12)20-15-10-13(18)4-7-16(15)22-11/h2-7,10-11,21H,8-9,18H2,1H3,(H,19,20). The summed E-state index contributed by atoms with van der Waals surface area (Å²) in [6, 6.07) is 12.7. The Hall–Kier alpha value is -2.69. The van der Waals surface area contributed by atoms with Crippen molar-refractivity contribution in [2.75, 3.05) is 17.6 Å². The summed E-state index contributed by atoms with van der Waals surface area (Å²) in [6.45, 7) is 2.62. The number of nitrogen functional groups attached to an aromatic ring is 1. The normalized spacial score (nSPS) is 18.4. The van der Waals surface area contributed by atoms with Gasteiger partial charge in [0.15, 0.2) is 6.10 Å². The van der Waals surface area contributed by atoms with Crippen LogP contribution in [0.15, 0.2) is 47.5 Å². The molecule has 1 unspecified atom stereocenters. The first kappa shape index (κ1) is 14.3. The molecule has 3 rings (SSSR count). The van der Waals surface area contributed by atoms with Crippen LogP contribution in [0.3, 0.4) is 0 Å². The SMILES string of the molecule is CC1Oc2ccc(N)cc2NC1=NCCc1ccc(O)cc1. The average Bonchev–Trinajstić information content (AvgIpc) is 2.50. The molecule has 114 valence electrons. The highest BCUT2D eigenvalue weighted by Crippen LogP contribution is 2.31. The van der Waals surface area contributed by atoms with Gasteiger partial charge >= 0.3 is 0 Å². The maximum absolute atomic E-state index is 9.27. The van der Waals surface area contributed by atoms with Gasteiger partial charge in [-0.1, -0.05) is 12.1 Å². The summed E-state index contributed by atoms with van der Waals surface area (Å²) in [5, 5.41) is 12.6. The highest BCUT2D eigenvalue weighted by Gasteiger charge is 2.21. The number of nitrogens with one attached hydrogen (secondary N) is 1. The summed E-state index contributed by atoms with van der Waals surface area (Å²) in [6.07, 6.45) is 0.693. The molecule has 0 aromatic heterocycles. The van der Waals surface area contributed by atoms with Crippen molar-refractivity contribution >= 4 is 17.2 Å². The van der Waals surface area contributed by atoms with Crippen LogP contribution in [0.4, 0.5) is 11.4 Å². The third-order valence-electron chi connectivity index (χ3n) is 3.57. The smallest absolute Gasteiger partial charge is 0.153 e. The van der Waals surface area contributed by atoms with Crippen LogP contribution in [0, 0.1) is 0 Å². The molecule has 1 aliphatic heterocycles. The van der Waals surface area contributed by atoms with Crippen molar-refractivity contribution in [1.82, 2.24) is 0 Å². The van der Waals surface area contributed by atoms with Gasteiger partial charge in [0.1, 0.15) is 17.3 Å². The van der Waals surface area contributed by atoms with E-state index in [0.29, 0.717) is 12.2 Å². The second-order valence-corrected chi connectivity index (χ2v) is 5.32. The summed E-state index contributed by atoms with van der Waals surface area (Å²) in [4.78, 5) is 4.59. The Bertz CT molecular complexity index is 696. The molecular weight excluding hydrogens is 278 g/mol. The number of anilines is 2. The van der Waals surface area contributed by atoms with E-state index in [1.807, 2.05) is 37.3 Å². The lowest BCUT2D eigenvalue weighted by Crippen LogP contribution is -2.35. The van der Waals surface area contributed by atoms with Crippen molar-refractivity contribution in [1.29, 1.82) is 0 Å². The number of aromatic hydroxyl groups is 1. The summed E-state index contributed by atoms with van der Waals surface area (Å²) in [5.74, 6) is 1.87. The lowest BCUT2D eigenvalue weighted by molar-refractivity contribution is 0.282. The first-order valence-electron chi connectivity index (χ1n) is 7.27. The fourth-order valence-electron chi connectivity index (χ4n) is 2.37. The molecule has 0 saturated heterocycles. The van der Waals surface area contributed by atoms with Gasteiger partial charge in [0.25, 0.3) is 0 Å². The number of hydrogen-bond donors (Lipinski definition) is 3. The predicted molar refractivity (Wildman–Crippen MR) is 88.7 cm³/mol. The van der Waals surface area contributed by atoms with Gasteiger partial charge in [-0.05, 0) is 49.2 Å². The zero-order valence-corrected chi connectivity index (χ0v) is 12.4. The third kappa shape index (κ3) is 3.14. The summed E-state index contributed by atoms with van der Waals surface area (Å²) >= 11 is 0. The monoisotopic (exact) mass is 297 g/mol. The van der Waals surface area contributed by atoms with Gasteiger partial charge in [-0.15, -0.1) is 0 Å². The number of fused-ring (bicyclic) bond motifs is 1. The van der Waals surface area contributed by atoms with Gasteiger partial charge in [-0.25, -0.2) is 0 Å². The Kier molecular flexibility index (Phi) is 3.87. The number of amidine groups is 1. The van der Waals surface area contributed by atoms with Crippen LogP contribution in [0.1, 0.15) is 12.5 Å². The minimum absolute atomic E-state index is 0.115. The number of benzene rings is 2. The second kappa shape index (κ2) is 5.97. The van der Waals surface area contributed by atoms with E-state index in [4.69, 9.17) is 10.5 Å². The Labute approximate surface area is 129 Å². The van der Waals surface area contributed by atoms with Gasteiger partial charge < -0.3 is 20.9 Å². The van der Waals surface area contributed by atoms with Crippen molar-refractivity contribution in [2.45, 2.75) is 19.4 Å². The molecule has 2 aromatic carbocycles. The van der Waals surface area contributed by atoms with Gasteiger partial charge in [0.2, 0.25) is 0 Å². The molecule has 5 nitrogen and oxygen atoms in total. The van der Waals surface area contributed by atoms with E-state index in [0.717, 1.165) is 29.3 Å². The predicted octanol–water partition coefficient (Wildman–Crippen LogP) is 2.81. The van der Waals surface area contributed by atoms with Crippen LogP contribution >= 0.6 is 0 Å². The maximum atomic E-state index is 9.27. The number of phenols is 1.